The number of ether oxygens (including phenoxy) is 2. The van der Waals surface area contributed by atoms with E-state index in [2.05, 4.69) is 31.3 Å². The van der Waals surface area contributed by atoms with Crippen LogP contribution in [0.5, 0.6) is 5.75 Å². The number of hydrogen-bond donors (Lipinski definition) is 1. The van der Waals surface area contributed by atoms with Gasteiger partial charge in [0, 0.05) is 19.8 Å². The lowest BCUT2D eigenvalue weighted by Gasteiger charge is -2.13. The van der Waals surface area contributed by atoms with Gasteiger partial charge in [0.1, 0.15) is 5.75 Å². The zero-order valence-electron chi connectivity index (χ0n) is 14.3. The minimum absolute atomic E-state index is 0.0570. The summed E-state index contributed by atoms with van der Waals surface area (Å²) in [5.41, 5.74) is 3.33. The van der Waals surface area contributed by atoms with Crippen molar-refractivity contribution < 1.29 is 14.3 Å². The number of benzene rings is 1. The van der Waals surface area contributed by atoms with Crippen LogP contribution in [0.15, 0.2) is 12.1 Å². The van der Waals surface area contributed by atoms with Crippen molar-refractivity contribution in [3.8, 4) is 5.75 Å². The zero-order chi connectivity index (χ0) is 16.4. The van der Waals surface area contributed by atoms with Gasteiger partial charge in [-0.25, -0.2) is 0 Å². The Labute approximate surface area is 134 Å². The molecule has 0 aromatic heterocycles. The largest absolute Gasteiger partial charge is 0.483 e. The lowest BCUT2D eigenvalue weighted by atomic mass is 10.1. The number of nitrogens with one attached hydrogen (secondary N) is 1. The number of unbranched alkanes of at least 4 members (excludes halogenated alkanes) is 1. The van der Waals surface area contributed by atoms with E-state index in [4.69, 9.17) is 9.47 Å². The van der Waals surface area contributed by atoms with Crippen LogP contribution in [0.4, 0.5) is 0 Å². The molecule has 0 bridgehead atoms. The quantitative estimate of drug-likeness (QED) is 0.675. The summed E-state index contributed by atoms with van der Waals surface area (Å²) in [4.78, 5) is 11.8. The molecule has 1 aromatic carbocycles. The Morgan fingerprint density at radius 2 is 1.73 bits per heavy atom. The highest BCUT2D eigenvalue weighted by Crippen LogP contribution is 2.24. The van der Waals surface area contributed by atoms with E-state index in [1.807, 2.05) is 13.8 Å². The van der Waals surface area contributed by atoms with Crippen molar-refractivity contribution in [1.82, 2.24) is 5.32 Å². The first-order chi connectivity index (χ1) is 10.5. The fourth-order valence-electron chi connectivity index (χ4n) is 2.33. The van der Waals surface area contributed by atoms with Gasteiger partial charge >= 0.3 is 0 Å². The molecule has 0 spiro atoms. The summed E-state index contributed by atoms with van der Waals surface area (Å²) in [6, 6.07) is 4.13. The highest BCUT2D eigenvalue weighted by molar-refractivity contribution is 5.77. The topological polar surface area (TPSA) is 47.6 Å². The Morgan fingerprint density at radius 3 is 2.36 bits per heavy atom. The average molecular weight is 307 g/mol. The molecule has 1 aromatic rings. The summed E-state index contributed by atoms with van der Waals surface area (Å²) < 4.78 is 11.1. The summed E-state index contributed by atoms with van der Waals surface area (Å²) in [6.07, 6.45) is 3.07. The second kappa shape index (κ2) is 10.2. The number of aryl methyl sites for hydroxylation is 3. The first-order valence-corrected chi connectivity index (χ1v) is 8.09. The molecule has 4 heteroatoms. The van der Waals surface area contributed by atoms with E-state index in [-0.39, 0.29) is 12.5 Å². The fourth-order valence-corrected chi connectivity index (χ4v) is 2.33. The first kappa shape index (κ1) is 18.5. The normalized spacial score (nSPS) is 10.5. The monoisotopic (exact) mass is 307 g/mol. The maximum absolute atomic E-state index is 11.8. The molecule has 22 heavy (non-hydrogen) atoms. The lowest BCUT2D eigenvalue weighted by Crippen LogP contribution is -2.30. The van der Waals surface area contributed by atoms with Crippen LogP contribution in [0.2, 0.25) is 0 Å². The van der Waals surface area contributed by atoms with Crippen molar-refractivity contribution in [2.24, 2.45) is 0 Å². The molecule has 0 saturated carbocycles. The van der Waals surface area contributed by atoms with Crippen molar-refractivity contribution in [3.63, 3.8) is 0 Å². The van der Waals surface area contributed by atoms with Gasteiger partial charge in [0.15, 0.2) is 6.61 Å². The maximum Gasteiger partial charge on any atom is 0.257 e. The van der Waals surface area contributed by atoms with Crippen LogP contribution >= 0.6 is 0 Å². The fraction of sp³-hybridized carbons (Fsp3) is 0.611. The van der Waals surface area contributed by atoms with Crippen molar-refractivity contribution >= 4 is 5.91 Å². The molecule has 0 saturated heterocycles. The lowest BCUT2D eigenvalue weighted by molar-refractivity contribution is -0.123. The highest BCUT2D eigenvalue weighted by Gasteiger charge is 2.08. The molecule has 4 nitrogen and oxygen atoms in total. The summed E-state index contributed by atoms with van der Waals surface area (Å²) in [5, 5.41) is 2.85. The minimum Gasteiger partial charge on any atom is -0.483 e. The Bertz CT molecular complexity index is 448. The average Bonchev–Trinajstić information content (AvgIpc) is 2.45. The van der Waals surface area contributed by atoms with Gasteiger partial charge in [0.05, 0.1) is 0 Å². The molecule has 0 atom stereocenters. The van der Waals surface area contributed by atoms with E-state index in [9.17, 15) is 4.79 Å². The van der Waals surface area contributed by atoms with E-state index >= 15 is 0 Å². The van der Waals surface area contributed by atoms with Crippen LogP contribution in [0, 0.1) is 20.8 Å². The van der Waals surface area contributed by atoms with Crippen molar-refractivity contribution in [1.29, 1.82) is 0 Å². The Hall–Kier alpha value is -1.55. The van der Waals surface area contributed by atoms with E-state index in [1.165, 1.54) is 5.56 Å². The summed E-state index contributed by atoms with van der Waals surface area (Å²) in [6.45, 7) is 10.4. The van der Waals surface area contributed by atoms with Crippen LogP contribution in [-0.4, -0.2) is 32.3 Å². The van der Waals surface area contributed by atoms with Crippen LogP contribution in [-0.2, 0) is 9.53 Å². The van der Waals surface area contributed by atoms with Crippen molar-refractivity contribution in [2.45, 2.75) is 47.0 Å². The van der Waals surface area contributed by atoms with Crippen molar-refractivity contribution in [2.75, 3.05) is 26.4 Å². The van der Waals surface area contributed by atoms with Gasteiger partial charge in [0.25, 0.3) is 5.91 Å². The second-order valence-electron chi connectivity index (χ2n) is 5.69. The second-order valence-corrected chi connectivity index (χ2v) is 5.69. The first-order valence-electron chi connectivity index (χ1n) is 8.09. The molecule has 1 N–H and O–H groups in total. The molecule has 0 aliphatic heterocycles. The molecular weight excluding hydrogens is 278 g/mol. The molecular formula is C18H29NO3. The molecule has 0 fully saturated rings. The van der Waals surface area contributed by atoms with Gasteiger partial charge in [-0.1, -0.05) is 31.0 Å². The highest BCUT2D eigenvalue weighted by atomic mass is 16.5. The molecule has 0 unspecified atom stereocenters. The van der Waals surface area contributed by atoms with Gasteiger partial charge in [-0.05, 0) is 44.7 Å². The third-order valence-corrected chi connectivity index (χ3v) is 3.38. The molecule has 1 amide bonds. The van der Waals surface area contributed by atoms with Crippen LogP contribution in [0.3, 0.4) is 0 Å². The minimum atomic E-state index is -0.0899. The number of rotatable bonds is 10. The Balaban J connectivity index is 2.21. The number of amides is 1. The van der Waals surface area contributed by atoms with Crippen LogP contribution in [0.25, 0.3) is 0 Å². The predicted octanol–water partition coefficient (Wildman–Crippen LogP) is 3.31. The van der Waals surface area contributed by atoms with Gasteiger partial charge in [-0.3, -0.25) is 4.79 Å². The van der Waals surface area contributed by atoms with E-state index in [0.717, 1.165) is 42.7 Å². The third kappa shape index (κ3) is 6.94. The molecule has 1 rings (SSSR count). The SMILES string of the molecule is CCCCOCCCNC(=O)COc1c(C)cc(C)cc1C. The molecule has 0 aliphatic carbocycles. The van der Waals surface area contributed by atoms with Gasteiger partial charge in [-0.2, -0.15) is 0 Å². The van der Waals surface area contributed by atoms with Crippen molar-refractivity contribution in [3.05, 3.63) is 28.8 Å². The number of carbonyl (C=O) groups is 1. The molecule has 0 radical (unpaired) electrons. The van der Waals surface area contributed by atoms with Gasteiger partial charge < -0.3 is 14.8 Å². The summed E-state index contributed by atoms with van der Waals surface area (Å²) in [5.74, 6) is 0.719. The zero-order valence-corrected chi connectivity index (χ0v) is 14.3. The predicted molar refractivity (Wildman–Crippen MR) is 89.5 cm³/mol. The van der Waals surface area contributed by atoms with Crippen LogP contribution in [0.1, 0.15) is 42.9 Å². The number of hydrogen-bond acceptors (Lipinski definition) is 3. The Kier molecular flexibility index (Phi) is 8.60. The van der Waals surface area contributed by atoms with Gasteiger partial charge in [0.2, 0.25) is 0 Å². The standard InChI is InChI=1S/C18H29NO3/c1-5-6-9-21-10-7-8-19-17(20)13-22-18-15(3)11-14(2)12-16(18)4/h11-12H,5-10,13H2,1-4H3,(H,19,20). The molecule has 0 aliphatic rings. The molecule has 124 valence electrons. The summed E-state index contributed by atoms with van der Waals surface area (Å²) in [7, 11) is 0. The maximum atomic E-state index is 11.8. The van der Waals surface area contributed by atoms with E-state index < -0.39 is 0 Å². The van der Waals surface area contributed by atoms with Gasteiger partial charge in [-0.15, -0.1) is 0 Å². The third-order valence-electron chi connectivity index (χ3n) is 3.38. The summed E-state index contributed by atoms with van der Waals surface area (Å²) >= 11 is 0. The Morgan fingerprint density at radius 1 is 1.09 bits per heavy atom. The number of carbonyl (C=O) groups excluding carboxylic acids is 1. The molecule has 0 heterocycles. The van der Waals surface area contributed by atoms with E-state index in [1.54, 1.807) is 0 Å². The smallest absolute Gasteiger partial charge is 0.257 e. The van der Waals surface area contributed by atoms with Crippen LogP contribution < -0.4 is 10.1 Å². The van der Waals surface area contributed by atoms with E-state index in [0.29, 0.717) is 13.2 Å².